The van der Waals surface area contributed by atoms with E-state index in [-0.39, 0.29) is 11.8 Å². The highest BCUT2D eigenvalue weighted by Gasteiger charge is 2.43. The Morgan fingerprint density at radius 2 is 1.86 bits per heavy atom. The van der Waals surface area contributed by atoms with Crippen LogP contribution in [-0.4, -0.2) is 31.2 Å². The number of ether oxygens (including phenoxy) is 3. The van der Waals surface area contributed by atoms with Crippen molar-refractivity contribution in [3.05, 3.63) is 70.9 Å². The zero-order chi connectivity index (χ0) is 25.5. The average Bonchev–Trinajstić information content (AvgIpc) is 2.89. The lowest BCUT2D eigenvalue weighted by molar-refractivity contribution is -0.146. The number of methoxy groups -OCH3 is 1. The first-order valence-electron chi connectivity index (χ1n) is 12.9. The van der Waals surface area contributed by atoms with E-state index in [1.807, 2.05) is 55.5 Å². The number of hydrogen-bond acceptors (Lipinski definition) is 6. The first-order chi connectivity index (χ1) is 17.5. The van der Waals surface area contributed by atoms with Gasteiger partial charge in [-0.2, -0.15) is 0 Å². The summed E-state index contributed by atoms with van der Waals surface area (Å²) in [5.41, 5.74) is 4.01. The Hall–Kier alpha value is -3.41. The summed E-state index contributed by atoms with van der Waals surface area (Å²) < 4.78 is 17.4. The third kappa shape index (κ3) is 5.69. The van der Waals surface area contributed by atoms with Crippen molar-refractivity contribution in [2.75, 3.05) is 13.7 Å². The topological polar surface area (TPSA) is 74.2 Å². The number of benzene rings is 2. The van der Waals surface area contributed by atoms with Gasteiger partial charge in [-0.05, 0) is 49.4 Å². The molecule has 1 heterocycles. The fourth-order valence-electron chi connectivity index (χ4n) is 5.02. The predicted octanol–water partition coefficient (Wildman–Crippen LogP) is 6.19. The van der Waals surface area contributed by atoms with Crippen LogP contribution < -0.4 is 9.47 Å². The molecule has 2 aromatic carbocycles. The van der Waals surface area contributed by atoms with Crippen molar-refractivity contribution in [1.82, 2.24) is 0 Å². The summed E-state index contributed by atoms with van der Waals surface area (Å²) in [5, 5.41) is 0. The Morgan fingerprint density at radius 3 is 2.61 bits per heavy atom. The van der Waals surface area contributed by atoms with E-state index in [1.54, 1.807) is 7.11 Å². The number of unbranched alkanes of at least 4 members (excludes halogenated alkanes) is 2. The first kappa shape index (κ1) is 25.7. The summed E-state index contributed by atoms with van der Waals surface area (Å²) in [7, 11) is 1.60. The molecule has 6 nitrogen and oxygen atoms in total. The van der Waals surface area contributed by atoms with Crippen molar-refractivity contribution in [2.45, 2.75) is 64.9 Å². The molecular weight excluding hydrogens is 454 g/mol. The second-order valence-corrected chi connectivity index (χ2v) is 9.40. The second kappa shape index (κ2) is 12.0. The van der Waals surface area contributed by atoms with E-state index in [1.165, 1.54) is 0 Å². The van der Waals surface area contributed by atoms with Crippen molar-refractivity contribution in [1.29, 1.82) is 0 Å². The molecule has 0 radical (unpaired) electrons. The summed E-state index contributed by atoms with van der Waals surface area (Å²) in [4.78, 5) is 31.2. The van der Waals surface area contributed by atoms with E-state index in [0.29, 0.717) is 42.4 Å². The molecule has 2 atom stereocenters. The maximum atomic E-state index is 13.3. The van der Waals surface area contributed by atoms with Crippen LogP contribution in [0.5, 0.6) is 11.5 Å². The minimum atomic E-state index is -0.645. The highest BCUT2D eigenvalue weighted by atomic mass is 16.5. The van der Waals surface area contributed by atoms with Gasteiger partial charge in [0.25, 0.3) is 0 Å². The Bertz CT molecular complexity index is 1150. The fraction of sp³-hybridized carbons (Fsp3) is 0.433. The molecule has 0 saturated carbocycles. The van der Waals surface area contributed by atoms with Gasteiger partial charge in [-0.15, -0.1) is 0 Å². The molecule has 2 aliphatic rings. The van der Waals surface area contributed by atoms with Crippen LogP contribution in [0.15, 0.2) is 64.8 Å². The van der Waals surface area contributed by atoms with Crippen LogP contribution in [-0.2, 0) is 20.9 Å². The van der Waals surface area contributed by atoms with Gasteiger partial charge in [-0.1, -0.05) is 56.2 Å². The lowest BCUT2D eigenvalue weighted by Crippen LogP contribution is -2.37. The van der Waals surface area contributed by atoms with Gasteiger partial charge in [0.05, 0.1) is 13.7 Å². The van der Waals surface area contributed by atoms with Crippen LogP contribution in [0.25, 0.3) is 0 Å². The van der Waals surface area contributed by atoms with Gasteiger partial charge in [0.1, 0.15) is 12.5 Å². The molecule has 1 unspecified atom stereocenters. The van der Waals surface area contributed by atoms with Crippen molar-refractivity contribution >= 4 is 17.5 Å². The van der Waals surface area contributed by atoms with Gasteiger partial charge in [0.2, 0.25) is 0 Å². The molecule has 4 rings (SSSR count). The number of allylic oxidation sites excluding steroid dienone is 2. The smallest absolute Gasteiger partial charge is 0.315 e. The largest absolute Gasteiger partial charge is 0.493 e. The van der Waals surface area contributed by atoms with Gasteiger partial charge in [-0.25, -0.2) is 0 Å². The Labute approximate surface area is 213 Å². The molecule has 0 saturated heterocycles. The molecule has 36 heavy (non-hydrogen) atoms. The van der Waals surface area contributed by atoms with E-state index in [2.05, 4.69) is 6.92 Å². The zero-order valence-electron chi connectivity index (χ0n) is 21.4. The molecule has 0 bridgehead atoms. The van der Waals surface area contributed by atoms with Crippen LogP contribution in [0.4, 0.5) is 0 Å². The number of hydrogen-bond donors (Lipinski definition) is 0. The van der Waals surface area contributed by atoms with E-state index >= 15 is 0 Å². The average molecular weight is 490 g/mol. The summed E-state index contributed by atoms with van der Waals surface area (Å²) in [6.07, 6.45) is 4.87. The van der Waals surface area contributed by atoms with E-state index in [0.717, 1.165) is 48.9 Å². The molecule has 6 heteroatoms. The third-order valence-electron chi connectivity index (χ3n) is 6.86. The molecule has 0 spiro atoms. The number of Topliss-reactive ketones (excluding diaryl/α,β-unsaturated/α-hetero) is 1. The molecule has 2 aromatic rings. The molecule has 0 fully saturated rings. The van der Waals surface area contributed by atoms with Gasteiger partial charge >= 0.3 is 5.97 Å². The summed E-state index contributed by atoms with van der Waals surface area (Å²) in [5.74, 6) is -0.206. The van der Waals surface area contributed by atoms with Crippen LogP contribution in [0.2, 0.25) is 0 Å². The van der Waals surface area contributed by atoms with E-state index in [4.69, 9.17) is 19.2 Å². The van der Waals surface area contributed by atoms with Crippen LogP contribution in [0.3, 0.4) is 0 Å². The van der Waals surface area contributed by atoms with Crippen molar-refractivity contribution in [2.24, 2.45) is 10.9 Å². The van der Waals surface area contributed by atoms with Gasteiger partial charge < -0.3 is 14.2 Å². The highest BCUT2D eigenvalue weighted by molar-refractivity contribution is 6.08. The van der Waals surface area contributed by atoms with Gasteiger partial charge in [0, 0.05) is 29.3 Å². The maximum absolute atomic E-state index is 13.3. The number of carbonyl (C=O) groups excluding carboxylic acids is 2. The Morgan fingerprint density at radius 1 is 1.06 bits per heavy atom. The highest BCUT2D eigenvalue weighted by Crippen LogP contribution is 2.45. The summed E-state index contributed by atoms with van der Waals surface area (Å²) >= 11 is 0. The van der Waals surface area contributed by atoms with Crippen LogP contribution in [0, 0.1) is 5.92 Å². The molecule has 0 N–H and O–H groups in total. The number of carbonyl (C=O) groups is 2. The minimum absolute atomic E-state index is 0.0599. The van der Waals surface area contributed by atoms with Crippen LogP contribution >= 0.6 is 0 Å². The van der Waals surface area contributed by atoms with E-state index in [9.17, 15) is 9.59 Å². The number of ketones is 1. The standard InChI is InChI=1S/C30H35NO5/c1-4-5-9-17-35-30(33)27-20(2)31-23-13-10-14-24(32)29(23)28(27)22-15-16-25(26(18-22)34-3)36-19-21-11-7-6-8-12-21/h6-8,11-12,15-16,18,27-28H,4-5,9-10,13-14,17,19H2,1-3H3/t27?,28-/m0/s1. The van der Waals surface area contributed by atoms with E-state index < -0.39 is 11.8 Å². The first-order valence-corrected chi connectivity index (χ1v) is 12.9. The fourth-order valence-corrected chi connectivity index (χ4v) is 5.02. The molecule has 1 aliphatic heterocycles. The minimum Gasteiger partial charge on any atom is -0.493 e. The number of rotatable bonds is 10. The Balaban J connectivity index is 1.66. The van der Waals surface area contributed by atoms with Crippen molar-refractivity contribution in [3.8, 4) is 11.5 Å². The molecular formula is C30H35NO5. The summed E-state index contributed by atoms with van der Waals surface area (Å²) in [6.45, 7) is 4.76. The second-order valence-electron chi connectivity index (χ2n) is 9.40. The third-order valence-corrected chi connectivity index (χ3v) is 6.86. The maximum Gasteiger partial charge on any atom is 0.315 e. The van der Waals surface area contributed by atoms with Gasteiger partial charge in [0.15, 0.2) is 17.3 Å². The van der Waals surface area contributed by atoms with Crippen molar-refractivity contribution < 1.29 is 23.8 Å². The molecule has 0 amide bonds. The summed E-state index contributed by atoms with van der Waals surface area (Å²) in [6, 6.07) is 15.6. The number of aliphatic imine (C=N–C) groups is 1. The predicted molar refractivity (Wildman–Crippen MR) is 139 cm³/mol. The SMILES string of the molecule is CCCCCOC(=O)C1C(C)=NC2=C(C(=O)CCC2)[C@H]1c1ccc(OCc2ccccc2)c(OC)c1. The monoisotopic (exact) mass is 489 g/mol. The molecule has 190 valence electrons. The number of esters is 1. The van der Waals surface area contributed by atoms with Crippen LogP contribution in [0.1, 0.15) is 69.4 Å². The lowest BCUT2D eigenvalue weighted by Gasteiger charge is -2.34. The molecule has 0 aromatic heterocycles. The lowest BCUT2D eigenvalue weighted by atomic mass is 9.71. The molecule has 1 aliphatic carbocycles. The zero-order valence-corrected chi connectivity index (χ0v) is 21.4. The van der Waals surface area contributed by atoms with Crippen molar-refractivity contribution in [3.63, 3.8) is 0 Å². The number of nitrogens with zero attached hydrogens (tertiary/aromatic N) is 1. The normalized spacial score (nSPS) is 19.4. The van der Waals surface area contributed by atoms with Gasteiger partial charge in [-0.3, -0.25) is 14.6 Å². The Kier molecular flexibility index (Phi) is 8.57. The quantitative estimate of drug-likeness (QED) is 0.294.